The zero-order chi connectivity index (χ0) is 21.6. The average molecular weight is 438 g/mol. The number of alkyl halides is 3. The molecule has 1 aromatic heterocycles. The lowest BCUT2D eigenvalue weighted by molar-refractivity contribution is -0.140. The highest BCUT2D eigenvalue weighted by atomic mass is 32.2. The molecule has 3 aromatic rings. The van der Waals surface area contributed by atoms with Gasteiger partial charge >= 0.3 is 6.18 Å². The van der Waals surface area contributed by atoms with Crippen LogP contribution in [-0.4, -0.2) is 13.4 Å². The first-order valence-electron chi connectivity index (χ1n) is 7.61. The Morgan fingerprint density at radius 2 is 1.55 bits per heavy atom. The number of aromatic amines is 1. The van der Waals surface area contributed by atoms with Gasteiger partial charge in [-0.2, -0.15) is 13.2 Å². The van der Waals surface area contributed by atoms with Crippen LogP contribution in [0.15, 0.2) is 47.5 Å². The molecule has 0 unspecified atom stereocenters. The molecule has 12 heteroatoms. The van der Waals surface area contributed by atoms with Crippen LogP contribution in [0.4, 0.5) is 36.4 Å². The molecule has 154 valence electrons. The Hall–Kier alpha value is -3.02. The summed E-state index contributed by atoms with van der Waals surface area (Å²) < 4.78 is 118. The lowest BCUT2D eigenvalue weighted by Crippen LogP contribution is -2.15. The zero-order valence-electron chi connectivity index (χ0n) is 13.9. The van der Waals surface area contributed by atoms with Gasteiger partial charge in [-0.05, 0) is 24.3 Å². The van der Waals surface area contributed by atoms with E-state index in [-0.39, 0.29) is 23.4 Å². The summed E-state index contributed by atoms with van der Waals surface area (Å²) in [6.45, 7) is 0. The SMILES string of the molecule is O=S(=O)(Nc1cc(F)c(C(F)(F)F)cc1F)c1c[nH]c(-c2ccc(F)cc2F)c1. The first-order chi connectivity index (χ1) is 13.4. The minimum Gasteiger partial charge on any atom is -0.360 e. The second kappa shape index (κ2) is 7.10. The number of hydrogen-bond acceptors (Lipinski definition) is 2. The number of halogens is 7. The van der Waals surface area contributed by atoms with E-state index in [1.54, 1.807) is 4.72 Å². The molecule has 3 rings (SSSR count). The number of benzene rings is 2. The summed E-state index contributed by atoms with van der Waals surface area (Å²) in [5.74, 6) is -5.37. The van der Waals surface area contributed by atoms with E-state index in [0.717, 1.165) is 24.4 Å². The highest BCUT2D eigenvalue weighted by molar-refractivity contribution is 7.92. The van der Waals surface area contributed by atoms with E-state index in [2.05, 4.69) is 4.98 Å². The molecule has 0 saturated carbocycles. The molecular weight excluding hydrogens is 429 g/mol. The van der Waals surface area contributed by atoms with Gasteiger partial charge in [-0.25, -0.2) is 26.0 Å². The van der Waals surface area contributed by atoms with Gasteiger partial charge in [-0.15, -0.1) is 0 Å². The number of rotatable bonds is 4. The van der Waals surface area contributed by atoms with Crippen molar-refractivity contribution in [2.75, 3.05) is 4.72 Å². The Morgan fingerprint density at radius 1 is 0.862 bits per heavy atom. The van der Waals surface area contributed by atoms with Gasteiger partial charge in [0.1, 0.15) is 28.2 Å². The van der Waals surface area contributed by atoms with E-state index in [1.165, 1.54) is 0 Å². The molecule has 4 nitrogen and oxygen atoms in total. The van der Waals surface area contributed by atoms with Crippen molar-refractivity contribution < 1.29 is 39.2 Å². The summed E-state index contributed by atoms with van der Waals surface area (Å²) in [5, 5.41) is 0. The van der Waals surface area contributed by atoms with Gasteiger partial charge < -0.3 is 4.98 Å². The van der Waals surface area contributed by atoms with E-state index in [0.29, 0.717) is 6.07 Å². The van der Waals surface area contributed by atoms with Crippen LogP contribution in [0.25, 0.3) is 11.3 Å². The summed E-state index contributed by atoms with van der Waals surface area (Å²) in [6.07, 6.45) is -4.28. The van der Waals surface area contributed by atoms with E-state index >= 15 is 0 Å². The molecule has 0 bridgehead atoms. The van der Waals surface area contributed by atoms with Crippen molar-refractivity contribution in [1.29, 1.82) is 0 Å². The third-order valence-corrected chi connectivity index (χ3v) is 5.14. The summed E-state index contributed by atoms with van der Waals surface area (Å²) in [4.78, 5) is 1.89. The first-order valence-corrected chi connectivity index (χ1v) is 9.10. The van der Waals surface area contributed by atoms with E-state index < -0.39 is 55.6 Å². The Morgan fingerprint density at radius 3 is 2.17 bits per heavy atom. The highest BCUT2D eigenvalue weighted by Crippen LogP contribution is 2.34. The lowest BCUT2D eigenvalue weighted by atomic mass is 10.1. The largest absolute Gasteiger partial charge is 0.419 e. The molecule has 0 fully saturated rings. The number of sulfonamides is 1. The molecule has 0 saturated heterocycles. The number of anilines is 1. The van der Waals surface area contributed by atoms with Crippen LogP contribution in [0.5, 0.6) is 0 Å². The zero-order valence-corrected chi connectivity index (χ0v) is 14.7. The molecule has 0 aliphatic carbocycles. The van der Waals surface area contributed by atoms with Crippen LogP contribution in [0, 0.1) is 23.3 Å². The molecule has 0 radical (unpaired) electrons. The summed E-state index contributed by atoms with van der Waals surface area (Å²) in [6, 6.07) is 3.36. The maximum atomic E-state index is 13.9. The number of H-pyrrole nitrogens is 1. The van der Waals surface area contributed by atoms with Crippen molar-refractivity contribution >= 4 is 15.7 Å². The van der Waals surface area contributed by atoms with E-state index in [1.807, 2.05) is 0 Å². The molecule has 0 aliphatic heterocycles. The highest BCUT2D eigenvalue weighted by Gasteiger charge is 2.35. The number of hydrogen-bond donors (Lipinski definition) is 2. The van der Waals surface area contributed by atoms with Crippen LogP contribution in [0.3, 0.4) is 0 Å². The van der Waals surface area contributed by atoms with E-state index in [9.17, 15) is 39.2 Å². The minimum atomic E-state index is -5.17. The lowest BCUT2D eigenvalue weighted by Gasteiger charge is -2.12. The standard InChI is InChI=1S/C17H9F7N2O2S/c18-8-1-2-10(12(19)3-8)15-4-9(7-25-15)29(27,28)26-16-6-13(20)11(5-14(16)21)17(22,23)24/h1-7,25-26H. The van der Waals surface area contributed by atoms with E-state index in [4.69, 9.17) is 0 Å². The van der Waals surface area contributed by atoms with Gasteiger partial charge in [-0.3, -0.25) is 4.72 Å². The predicted octanol–water partition coefficient (Wildman–Crippen LogP) is 5.06. The van der Waals surface area contributed by atoms with Crippen LogP contribution in [0.2, 0.25) is 0 Å². The molecule has 1 heterocycles. The van der Waals surface area contributed by atoms with Crippen LogP contribution >= 0.6 is 0 Å². The quantitative estimate of drug-likeness (QED) is 0.560. The van der Waals surface area contributed by atoms with Gasteiger partial charge in [0.2, 0.25) is 0 Å². The molecule has 2 aromatic carbocycles. The fourth-order valence-electron chi connectivity index (χ4n) is 2.44. The maximum absolute atomic E-state index is 13.9. The van der Waals surface area contributed by atoms with Gasteiger partial charge in [0, 0.05) is 29.6 Å². The average Bonchev–Trinajstić information content (AvgIpc) is 3.07. The Kier molecular flexibility index (Phi) is 5.07. The smallest absolute Gasteiger partial charge is 0.360 e. The molecule has 29 heavy (non-hydrogen) atoms. The predicted molar refractivity (Wildman–Crippen MR) is 88.3 cm³/mol. The summed E-state index contributed by atoms with van der Waals surface area (Å²) in [7, 11) is -4.57. The third kappa shape index (κ3) is 4.21. The fourth-order valence-corrected chi connectivity index (χ4v) is 3.49. The van der Waals surface area contributed by atoms with Crippen molar-refractivity contribution in [1.82, 2.24) is 4.98 Å². The monoisotopic (exact) mass is 438 g/mol. The van der Waals surface area contributed by atoms with Gasteiger partial charge in [0.05, 0.1) is 11.3 Å². The van der Waals surface area contributed by atoms with Gasteiger partial charge in [0.15, 0.2) is 0 Å². The molecule has 0 atom stereocenters. The number of aromatic nitrogens is 1. The van der Waals surface area contributed by atoms with Crippen molar-refractivity contribution in [2.45, 2.75) is 11.1 Å². The van der Waals surface area contributed by atoms with Crippen molar-refractivity contribution in [3.63, 3.8) is 0 Å². The molecule has 0 amide bonds. The van der Waals surface area contributed by atoms with Gasteiger partial charge in [0.25, 0.3) is 10.0 Å². The molecular formula is C17H9F7N2O2S. The number of nitrogens with one attached hydrogen (secondary N) is 2. The van der Waals surface area contributed by atoms with Crippen molar-refractivity contribution in [3.05, 3.63) is 71.4 Å². The molecule has 0 spiro atoms. The topological polar surface area (TPSA) is 62.0 Å². The fraction of sp³-hybridized carbons (Fsp3) is 0.0588. The Bertz CT molecular complexity index is 1190. The second-order valence-electron chi connectivity index (χ2n) is 5.79. The minimum absolute atomic E-state index is 0.0584. The second-order valence-corrected chi connectivity index (χ2v) is 7.47. The normalized spacial score (nSPS) is 12.2. The molecule has 2 N–H and O–H groups in total. The van der Waals surface area contributed by atoms with Gasteiger partial charge in [-0.1, -0.05) is 0 Å². The van der Waals surface area contributed by atoms with Crippen LogP contribution in [-0.2, 0) is 16.2 Å². The van der Waals surface area contributed by atoms with Crippen LogP contribution < -0.4 is 4.72 Å². The molecule has 0 aliphatic rings. The Labute approximate surface area is 159 Å². The third-order valence-electron chi connectivity index (χ3n) is 3.79. The maximum Gasteiger partial charge on any atom is 0.419 e. The summed E-state index contributed by atoms with van der Waals surface area (Å²) >= 11 is 0. The van der Waals surface area contributed by atoms with Crippen LogP contribution in [0.1, 0.15) is 5.56 Å². The summed E-state index contributed by atoms with van der Waals surface area (Å²) in [5.41, 5.74) is -3.18. The Balaban J connectivity index is 1.93. The first kappa shape index (κ1) is 20.7. The van der Waals surface area contributed by atoms with Crippen molar-refractivity contribution in [2.24, 2.45) is 0 Å². The van der Waals surface area contributed by atoms with Crippen molar-refractivity contribution in [3.8, 4) is 11.3 Å².